The molecule has 0 aliphatic rings. The molecule has 0 radical (unpaired) electrons. The lowest BCUT2D eigenvalue weighted by molar-refractivity contribution is 0.284. The molecule has 1 heterocycles. The third-order valence-corrected chi connectivity index (χ3v) is 5.16. The lowest BCUT2D eigenvalue weighted by Crippen LogP contribution is -2.02. The minimum absolute atomic E-state index is 0.685. The number of unbranched alkanes of at least 4 members (excludes halogenated alkanes) is 10. The van der Waals surface area contributed by atoms with Gasteiger partial charge in [0.1, 0.15) is 5.75 Å². The largest absolute Gasteiger partial charge is 0.493 e. The lowest BCUT2D eigenvalue weighted by Gasteiger charge is -2.12. The second-order valence-electron chi connectivity index (χ2n) is 7.71. The number of rotatable bonds is 16. The van der Waals surface area contributed by atoms with Crippen LogP contribution in [-0.4, -0.2) is 18.2 Å². The fraction of sp³-hybridized carbons (Fsp3) is 0.640. The van der Waals surface area contributed by atoms with Gasteiger partial charge in [-0.2, -0.15) is 0 Å². The maximum atomic E-state index is 6.12. The van der Waals surface area contributed by atoms with Crippen LogP contribution in [0.4, 0.5) is 0 Å². The van der Waals surface area contributed by atoms with Crippen LogP contribution in [0.15, 0.2) is 30.3 Å². The summed E-state index contributed by atoms with van der Waals surface area (Å²) in [7, 11) is 0. The lowest BCUT2D eigenvalue weighted by atomic mass is 10.1. The molecule has 28 heavy (non-hydrogen) atoms. The molecule has 1 aromatic carbocycles. The van der Waals surface area contributed by atoms with Crippen molar-refractivity contribution < 1.29 is 9.47 Å². The Morgan fingerprint density at radius 2 is 1.25 bits per heavy atom. The summed E-state index contributed by atoms with van der Waals surface area (Å²) in [5.74, 6) is 1.59. The number of para-hydroxylation sites is 1. The van der Waals surface area contributed by atoms with E-state index in [0.717, 1.165) is 42.7 Å². The summed E-state index contributed by atoms with van der Waals surface area (Å²) in [6, 6.07) is 10.1. The highest BCUT2D eigenvalue weighted by Crippen LogP contribution is 2.29. The maximum absolute atomic E-state index is 6.12. The fourth-order valence-corrected chi connectivity index (χ4v) is 3.44. The Morgan fingerprint density at radius 1 is 0.679 bits per heavy atom. The van der Waals surface area contributed by atoms with Gasteiger partial charge >= 0.3 is 0 Å². The quantitative estimate of drug-likeness (QED) is 0.277. The van der Waals surface area contributed by atoms with Crippen molar-refractivity contribution in [1.29, 1.82) is 0 Å². The first-order valence-corrected chi connectivity index (χ1v) is 11.5. The van der Waals surface area contributed by atoms with Gasteiger partial charge in [0.25, 0.3) is 0 Å². The van der Waals surface area contributed by atoms with Crippen LogP contribution in [0, 0.1) is 0 Å². The van der Waals surface area contributed by atoms with Gasteiger partial charge in [0, 0.05) is 11.5 Å². The third-order valence-electron chi connectivity index (χ3n) is 5.16. The van der Waals surface area contributed by atoms with Crippen LogP contribution in [0.2, 0.25) is 0 Å². The van der Waals surface area contributed by atoms with Crippen LogP contribution in [0.25, 0.3) is 10.9 Å². The molecule has 2 aromatic rings. The molecule has 0 fully saturated rings. The van der Waals surface area contributed by atoms with Crippen molar-refractivity contribution >= 4 is 10.9 Å². The van der Waals surface area contributed by atoms with Gasteiger partial charge in [0.15, 0.2) is 0 Å². The zero-order valence-electron chi connectivity index (χ0n) is 18.0. The van der Waals surface area contributed by atoms with E-state index in [2.05, 4.69) is 24.9 Å². The summed E-state index contributed by atoms with van der Waals surface area (Å²) in [4.78, 5) is 4.66. The number of hydrogen-bond donors (Lipinski definition) is 0. The van der Waals surface area contributed by atoms with Gasteiger partial charge in [0.2, 0.25) is 5.88 Å². The van der Waals surface area contributed by atoms with Crippen LogP contribution in [0.3, 0.4) is 0 Å². The Morgan fingerprint density at radius 3 is 1.93 bits per heavy atom. The minimum Gasteiger partial charge on any atom is -0.493 e. The number of ether oxygens (including phenoxy) is 2. The maximum Gasteiger partial charge on any atom is 0.217 e. The predicted octanol–water partition coefficient (Wildman–Crippen LogP) is 7.71. The van der Waals surface area contributed by atoms with Gasteiger partial charge in [-0.05, 0) is 25.0 Å². The van der Waals surface area contributed by atoms with Crippen LogP contribution in [-0.2, 0) is 0 Å². The normalized spacial score (nSPS) is 11.1. The summed E-state index contributed by atoms with van der Waals surface area (Å²) >= 11 is 0. The van der Waals surface area contributed by atoms with Crippen LogP contribution in [0.1, 0.15) is 90.9 Å². The molecule has 0 spiro atoms. The van der Waals surface area contributed by atoms with Crippen molar-refractivity contribution in [2.75, 3.05) is 13.2 Å². The molecule has 0 amide bonds. The Labute approximate surface area is 171 Å². The Hall–Kier alpha value is -1.77. The van der Waals surface area contributed by atoms with Crippen LogP contribution in [0.5, 0.6) is 11.6 Å². The first kappa shape index (κ1) is 22.5. The van der Waals surface area contributed by atoms with Crippen molar-refractivity contribution in [3.63, 3.8) is 0 Å². The Balaban J connectivity index is 1.82. The molecule has 0 N–H and O–H groups in total. The zero-order chi connectivity index (χ0) is 19.9. The third kappa shape index (κ3) is 8.50. The average Bonchev–Trinajstić information content (AvgIpc) is 2.72. The predicted molar refractivity (Wildman–Crippen MR) is 119 cm³/mol. The average molecular weight is 386 g/mol. The van der Waals surface area contributed by atoms with Gasteiger partial charge in [-0.25, -0.2) is 4.98 Å². The van der Waals surface area contributed by atoms with Crippen molar-refractivity contribution in [3.8, 4) is 11.6 Å². The van der Waals surface area contributed by atoms with E-state index >= 15 is 0 Å². The van der Waals surface area contributed by atoms with E-state index < -0.39 is 0 Å². The van der Waals surface area contributed by atoms with E-state index in [1.54, 1.807) is 0 Å². The Kier molecular flexibility index (Phi) is 11.5. The molecule has 0 bridgehead atoms. The van der Waals surface area contributed by atoms with Crippen molar-refractivity contribution in [2.45, 2.75) is 90.9 Å². The smallest absolute Gasteiger partial charge is 0.217 e. The minimum atomic E-state index is 0.685. The number of benzene rings is 1. The summed E-state index contributed by atoms with van der Waals surface area (Å²) in [5.41, 5.74) is 0.945. The number of fused-ring (bicyclic) bond motifs is 1. The van der Waals surface area contributed by atoms with Crippen LogP contribution >= 0.6 is 0 Å². The molecule has 156 valence electrons. The SMILES string of the molecule is CCCCCCCCOc1cc(OCCCCCCCC)c2ccccc2n1. The summed E-state index contributed by atoms with van der Waals surface area (Å²) < 4.78 is 12.1. The summed E-state index contributed by atoms with van der Waals surface area (Å²) in [6.45, 7) is 6.00. The van der Waals surface area contributed by atoms with E-state index in [1.807, 2.05) is 24.3 Å². The molecule has 0 atom stereocenters. The van der Waals surface area contributed by atoms with Crippen molar-refractivity contribution in [1.82, 2.24) is 4.98 Å². The van der Waals surface area contributed by atoms with E-state index in [-0.39, 0.29) is 0 Å². The van der Waals surface area contributed by atoms with E-state index in [1.165, 1.54) is 64.2 Å². The van der Waals surface area contributed by atoms with E-state index in [9.17, 15) is 0 Å². The molecule has 2 rings (SSSR count). The molecule has 0 saturated heterocycles. The monoisotopic (exact) mass is 385 g/mol. The molecular formula is C25H39NO2. The zero-order valence-corrected chi connectivity index (χ0v) is 18.0. The standard InChI is InChI=1S/C25H39NO2/c1-3-5-7-9-11-15-19-27-24-21-25(26-23-18-14-13-17-22(23)24)28-20-16-12-10-8-6-4-2/h13-14,17-18,21H,3-12,15-16,19-20H2,1-2H3. The van der Waals surface area contributed by atoms with Crippen molar-refractivity contribution in [3.05, 3.63) is 30.3 Å². The second kappa shape index (κ2) is 14.3. The molecule has 0 aliphatic heterocycles. The fourth-order valence-electron chi connectivity index (χ4n) is 3.44. The van der Waals surface area contributed by atoms with Gasteiger partial charge in [-0.1, -0.05) is 90.2 Å². The molecule has 0 aliphatic carbocycles. The van der Waals surface area contributed by atoms with Gasteiger partial charge < -0.3 is 9.47 Å². The summed E-state index contributed by atoms with van der Waals surface area (Å²) in [5, 5.41) is 1.07. The van der Waals surface area contributed by atoms with Gasteiger partial charge in [0.05, 0.1) is 18.7 Å². The molecule has 0 saturated carbocycles. The van der Waals surface area contributed by atoms with E-state index in [4.69, 9.17) is 9.47 Å². The van der Waals surface area contributed by atoms with Gasteiger partial charge in [-0.3, -0.25) is 0 Å². The molecule has 1 aromatic heterocycles. The van der Waals surface area contributed by atoms with Crippen molar-refractivity contribution in [2.24, 2.45) is 0 Å². The molecule has 3 nitrogen and oxygen atoms in total. The first-order valence-electron chi connectivity index (χ1n) is 11.5. The number of pyridine rings is 1. The highest BCUT2D eigenvalue weighted by molar-refractivity contribution is 5.85. The first-order chi connectivity index (χ1) is 13.8. The Bertz CT molecular complexity index is 656. The topological polar surface area (TPSA) is 31.4 Å². The summed E-state index contributed by atoms with van der Waals surface area (Å²) in [6.07, 6.45) is 15.2. The number of nitrogens with zero attached hydrogens (tertiary/aromatic N) is 1. The second-order valence-corrected chi connectivity index (χ2v) is 7.71. The molecule has 0 unspecified atom stereocenters. The van der Waals surface area contributed by atoms with Crippen LogP contribution < -0.4 is 9.47 Å². The highest BCUT2D eigenvalue weighted by atomic mass is 16.5. The van der Waals surface area contributed by atoms with Gasteiger partial charge in [-0.15, -0.1) is 0 Å². The molecular weight excluding hydrogens is 346 g/mol. The van der Waals surface area contributed by atoms with E-state index in [0.29, 0.717) is 5.88 Å². The number of aromatic nitrogens is 1. The number of hydrogen-bond acceptors (Lipinski definition) is 3. The molecule has 3 heteroatoms. The highest BCUT2D eigenvalue weighted by Gasteiger charge is 2.08.